The molecule has 3 heteroatoms. The Morgan fingerprint density at radius 1 is 1.45 bits per heavy atom. The van der Waals surface area contributed by atoms with Crippen molar-refractivity contribution in [3.05, 3.63) is 0 Å². The van der Waals surface area contributed by atoms with Gasteiger partial charge in [-0.25, -0.2) is 4.79 Å². The van der Waals surface area contributed by atoms with Gasteiger partial charge in [0, 0.05) is 13.1 Å². The fourth-order valence-corrected chi connectivity index (χ4v) is 1.21. The third kappa shape index (κ3) is 1.64. The van der Waals surface area contributed by atoms with Gasteiger partial charge in [0.25, 0.3) is 0 Å². The maximum absolute atomic E-state index is 10.6. The molecule has 11 heavy (non-hydrogen) atoms. The van der Waals surface area contributed by atoms with E-state index in [0.29, 0.717) is 11.3 Å². The molecule has 0 unspecified atom stereocenters. The first kappa shape index (κ1) is 8.37. The summed E-state index contributed by atoms with van der Waals surface area (Å²) in [6.45, 7) is 8.24. The molecule has 1 aliphatic rings. The standard InChI is InChI=1S/C8H16N2O/c1-8(2,3)6-4-10(5-6)7(9)11/h6H,4-5H2,1-3H3,(H2,9,11). The van der Waals surface area contributed by atoms with Gasteiger partial charge in [0.2, 0.25) is 0 Å². The van der Waals surface area contributed by atoms with Gasteiger partial charge in [-0.3, -0.25) is 0 Å². The zero-order valence-corrected chi connectivity index (χ0v) is 7.42. The Balaban J connectivity index is 2.35. The molecule has 2 amide bonds. The highest BCUT2D eigenvalue weighted by Crippen LogP contribution is 2.32. The van der Waals surface area contributed by atoms with Crippen LogP contribution in [0, 0.1) is 11.3 Å². The van der Waals surface area contributed by atoms with E-state index in [1.54, 1.807) is 4.90 Å². The number of likely N-dealkylation sites (tertiary alicyclic amines) is 1. The Morgan fingerprint density at radius 2 is 1.91 bits per heavy atom. The molecule has 3 nitrogen and oxygen atoms in total. The summed E-state index contributed by atoms with van der Waals surface area (Å²) in [5, 5.41) is 0. The molecular weight excluding hydrogens is 140 g/mol. The molecular formula is C8H16N2O. The molecule has 0 atom stereocenters. The van der Waals surface area contributed by atoms with Crippen LogP contribution in [0.5, 0.6) is 0 Å². The summed E-state index contributed by atoms with van der Waals surface area (Å²) in [4.78, 5) is 12.3. The number of primary amides is 1. The lowest BCUT2D eigenvalue weighted by Crippen LogP contribution is -2.56. The largest absolute Gasteiger partial charge is 0.351 e. The van der Waals surface area contributed by atoms with E-state index in [2.05, 4.69) is 20.8 Å². The number of nitrogens with two attached hydrogens (primary N) is 1. The first-order chi connectivity index (χ1) is 4.91. The minimum absolute atomic E-state index is 0.287. The Kier molecular flexibility index (Phi) is 1.82. The first-order valence-electron chi connectivity index (χ1n) is 3.95. The summed E-state index contributed by atoms with van der Waals surface area (Å²) < 4.78 is 0. The van der Waals surface area contributed by atoms with Crippen molar-refractivity contribution in [3.63, 3.8) is 0 Å². The van der Waals surface area contributed by atoms with Crippen LogP contribution in [-0.2, 0) is 0 Å². The number of amides is 2. The van der Waals surface area contributed by atoms with Gasteiger partial charge in [-0.1, -0.05) is 20.8 Å². The van der Waals surface area contributed by atoms with E-state index in [1.165, 1.54) is 0 Å². The van der Waals surface area contributed by atoms with Gasteiger partial charge < -0.3 is 10.6 Å². The third-order valence-electron chi connectivity index (χ3n) is 2.42. The first-order valence-corrected chi connectivity index (χ1v) is 3.95. The van der Waals surface area contributed by atoms with Crippen molar-refractivity contribution in [3.8, 4) is 0 Å². The van der Waals surface area contributed by atoms with E-state index in [9.17, 15) is 4.79 Å². The molecule has 0 aromatic rings. The number of carbonyl (C=O) groups is 1. The zero-order chi connectivity index (χ0) is 8.65. The number of carbonyl (C=O) groups excluding carboxylic acids is 1. The highest BCUT2D eigenvalue weighted by atomic mass is 16.2. The molecule has 0 aromatic heterocycles. The van der Waals surface area contributed by atoms with Crippen LogP contribution < -0.4 is 5.73 Å². The van der Waals surface area contributed by atoms with Crippen LogP contribution in [0.25, 0.3) is 0 Å². The molecule has 1 aliphatic heterocycles. The van der Waals surface area contributed by atoms with E-state index in [1.807, 2.05) is 0 Å². The second kappa shape index (κ2) is 2.40. The lowest BCUT2D eigenvalue weighted by atomic mass is 9.76. The fourth-order valence-electron chi connectivity index (χ4n) is 1.21. The predicted octanol–water partition coefficient (Wildman–Crippen LogP) is 1.04. The number of nitrogens with zero attached hydrogens (tertiary/aromatic N) is 1. The van der Waals surface area contributed by atoms with Crippen LogP contribution in [-0.4, -0.2) is 24.0 Å². The molecule has 1 saturated heterocycles. The highest BCUT2D eigenvalue weighted by molar-refractivity contribution is 5.72. The van der Waals surface area contributed by atoms with Crippen molar-refractivity contribution in [1.82, 2.24) is 4.90 Å². The minimum Gasteiger partial charge on any atom is -0.351 e. The van der Waals surface area contributed by atoms with Gasteiger partial charge in [-0.05, 0) is 11.3 Å². The van der Waals surface area contributed by atoms with Crippen LogP contribution in [0.1, 0.15) is 20.8 Å². The number of hydrogen-bond acceptors (Lipinski definition) is 1. The van der Waals surface area contributed by atoms with Crippen LogP contribution in [0.3, 0.4) is 0 Å². The van der Waals surface area contributed by atoms with E-state index < -0.39 is 0 Å². The molecule has 0 aromatic carbocycles. The van der Waals surface area contributed by atoms with E-state index in [0.717, 1.165) is 13.1 Å². The van der Waals surface area contributed by atoms with E-state index in [-0.39, 0.29) is 6.03 Å². The molecule has 1 rings (SSSR count). The Bertz CT molecular complexity index is 165. The molecule has 1 heterocycles. The molecule has 0 radical (unpaired) electrons. The van der Waals surface area contributed by atoms with Gasteiger partial charge >= 0.3 is 6.03 Å². The van der Waals surface area contributed by atoms with Crippen molar-refractivity contribution in [2.24, 2.45) is 17.1 Å². The van der Waals surface area contributed by atoms with Crippen LogP contribution in [0.15, 0.2) is 0 Å². The number of rotatable bonds is 0. The third-order valence-corrected chi connectivity index (χ3v) is 2.42. The average molecular weight is 156 g/mol. The van der Waals surface area contributed by atoms with Gasteiger partial charge in [-0.15, -0.1) is 0 Å². The summed E-state index contributed by atoms with van der Waals surface area (Å²) in [6.07, 6.45) is 0. The van der Waals surface area contributed by atoms with Crippen LogP contribution >= 0.6 is 0 Å². The molecule has 0 spiro atoms. The number of hydrogen-bond donors (Lipinski definition) is 1. The zero-order valence-electron chi connectivity index (χ0n) is 7.42. The Morgan fingerprint density at radius 3 is 2.18 bits per heavy atom. The maximum Gasteiger partial charge on any atom is 0.314 e. The highest BCUT2D eigenvalue weighted by Gasteiger charge is 2.37. The Hall–Kier alpha value is -0.730. The minimum atomic E-state index is -0.287. The summed E-state index contributed by atoms with van der Waals surface area (Å²) in [6, 6.07) is -0.287. The van der Waals surface area contributed by atoms with Crippen molar-refractivity contribution >= 4 is 6.03 Å². The Labute approximate surface area is 67.5 Å². The molecule has 0 saturated carbocycles. The SMILES string of the molecule is CC(C)(C)C1CN(C(N)=O)C1. The predicted molar refractivity (Wildman–Crippen MR) is 44.1 cm³/mol. The molecule has 0 bridgehead atoms. The van der Waals surface area contributed by atoms with Crippen molar-refractivity contribution in [1.29, 1.82) is 0 Å². The van der Waals surface area contributed by atoms with E-state index in [4.69, 9.17) is 5.73 Å². The smallest absolute Gasteiger partial charge is 0.314 e. The van der Waals surface area contributed by atoms with Gasteiger partial charge in [0.1, 0.15) is 0 Å². The summed E-state index contributed by atoms with van der Waals surface area (Å²) in [5.41, 5.74) is 5.40. The summed E-state index contributed by atoms with van der Waals surface area (Å²) in [5.74, 6) is 0.620. The lowest BCUT2D eigenvalue weighted by molar-refractivity contribution is 0.0555. The van der Waals surface area contributed by atoms with Crippen molar-refractivity contribution in [2.45, 2.75) is 20.8 Å². The molecule has 64 valence electrons. The number of urea groups is 1. The van der Waals surface area contributed by atoms with Crippen LogP contribution in [0.4, 0.5) is 4.79 Å². The normalized spacial score (nSPS) is 19.7. The maximum atomic E-state index is 10.6. The molecule has 1 fully saturated rings. The second-order valence-corrected chi connectivity index (χ2v) is 4.31. The van der Waals surface area contributed by atoms with Crippen LogP contribution in [0.2, 0.25) is 0 Å². The van der Waals surface area contributed by atoms with Crippen molar-refractivity contribution in [2.75, 3.05) is 13.1 Å². The van der Waals surface area contributed by atoms with Gasteiger partial charge in [-0.2, -0.15) is 0 Å². The second-order valence-electron chi connectivity index (χ2n) is 4.31. The van der Waals surface area contributed by atoms with E-state index >= 15 is 0 Å². The summed E-state index contributed by atoms with van der Waals surface area (Å²) in [7, 11) is 0. The molecule has 0 aliphatic carbocycles. The average Bonchev–Trinajstić information content (AvgIpc) is 1.51. The van der Waals surface area contributed by atoms with Gasteiger partial charge in [0.05, 0.1) is 0 Å². The van der Waals surface area contributed by atoms with Gasteiger partial charge in [0.15, 0.2) is 0 Å². The lowest BCUT2D eigenvalue weighted by Gasteiger charge is -2.45. The summed E-state index contributed by atoms with van der Waals surface area (Å²) >= 11 is 0. The fraction of sp³-hybridized carbons (Fsp3) is 0.875. The topological polar surface area (TPSA) is 46.3 Å². The quantitative estimate of drug-likeness (QED) is 0.559. The molecule has 2 N–H and O–H groups in total. The monoisotopic (exact) mass is 156 g/mol. The van der Waals surface area contributed by atoms with Crippen molar-refractivity contribution < 1.29 is 4.79 Å².